The van der Waals surface area contributed by atoms with Crippen LogP contribution in [0.15, 0.2) is 35.7 Å². The number of carbonyl (C=O) groups excluding carboxylic acids is 1. The first-order valence-electron chi connectivity index (χ1n) is 7.03. The summed E-state index contributed by atoms with van der Waals surface area (Å²) in [5, 5.41) is 10.2. The van der Waals surface area contributed by atoms with Gasteiger partial charge in [-0.15, -0.1) is 11.3 Å². The van der Waals surface area contributed by atoms with Crippen LogP contribution in [0, 0.1) is 6.92 Å². The minimum atomic E-state index is -0.241. The van der Waals surface area contributed by atoms with E-state index in [-0.39, 0.29) is 5.91 Å². The molecule has 0 bridgehead atoms. The van der Waals surface area contributed by atoms with Gasteiger partial charge in [0.15, 0.2) is 0 Å². The molecule has 5 nitrogen and oxygen atoms in total. The molecular formula is C16H15ClN4OS. The zero-order valence-corrected chi connectivity index (χ0v) is 14.3. The molecule has 0 saturated carbocycles. The highest BCUT2D eigenvalue weighted by Crippen LogP contribution is 2.23. The maximum absolute atomic E-state index is 12.3. The summed E-state index contributed by atoms with van der Waals surface area (Å²) in [6.07, 6.45) is 0. The number of amides is 1. The Hall–Kier alpha value is -2.18. The number of thiazole rings is 1. The van der Waals surface area contributed by atoms with Gasteiger partial charge in [0.1, 0.15) is 10.2 Å². The molecule has 3 aromatic rings. The number of nitrogens with one attached hydrogen (secondary N) is 1. The Morgan fingerprint density at radius 3 is 2.74 bits per heavy atom. The van der Waals surface area contributed by atoms with Crippen LogP contribution in [0.1, 0.15) is 21.7 Å². The average Bonchev–Trinajstić information content (AvgIpc) is 3.11. The number of hydrogen-bond donors (Lipinski definition) is 1. The van der Waals surface area contributed by atoms with E-state index in [2.05, 4.69) is 15.4 Å². The van der Waals surface area contributed by atoms with Gasteiger partial charge in [0.2, 0.25) is 0 Å². The van der Waals surface area contributed by atoms with E-state index in [9.17, 15) is 4.79 Å². The van der Waals surface area contributed by atoms with Crippen LogP contribution in [-0.2, 0) is 13.6 Å². The van der Waals surface area contributed by atoms with E-state index >= 15 is 0 Å². The molecule has 118 valence electrons. The van der Waals surface area contributed by atoms with Crippen LogP contribution >= 0.6 is 22.9 Å². The van der Waals surface area contributed by atoms with E-state index in [1.54, 1.807) is 25.3 Å². The topological polar surface area (TPSA) is 59.8 Å². The van der Waals surface area contributed by atoms with Gasteiger partial charge in [-0.2, -0.15) is 5.10 Å². The van der Waals surface area contributed by atoms with Gasteiger partial charge in [-0.25, -0.2) is 4.98 Å². The third kappa shape index (κ3) is 3.28. The van der Waals surface area contributed by atoms with Crippen LogP contribution in [0.4, 0.5) is 0 Å². The molecule has 0 aliphatic heterocycles. The van der Waals surface area contributed by atoms with Gasteiger partial charge < -0.3 is 5.32 Å². The van der Waals surface area contributed by atoms with Crippen molar-refractivity contribution in [3.63, 3.8) is 0 Å². The Balaban J connectivity index is 1.69. The van der Waals surface area contributed by atoms with Crippen molar-refractivity contribution in [2.45, 2.75) is 13.5 Å². The molecule has 0 radical (unpaired) electrons. The summed E-state index contributed by atoms with van der Waals surface area (Å²) in [6, 6.07) is 9.95. The predicted molar refractivity (Wildman–Crippen MR) is 91.7 cm³/mol. The summed E-state index contributed by atoms with van der Waals surface area (Å²) in [5.74, 6) is -0.241. The first-order valence-corrected chi connectivity index (χ1v) is 8.29. The maximum atomic E-state index is 12.3. The molecule has 7 heteroatoms. The quantitative estimate of drug-likeness (QED) is 0.787. The number of halogens is 1. The molecule has 23 heavy (non-hydrogen) atoms. The van der Waals surface area contributed by atoms with Crippen molar-refractivity contribution < 1.29 is 4.79 Å². The fourth-order valence-electron chi connectivity index (χ4n) is 2.25. The Kier molecular flexibility index (Phi) is 4.45. The normalized spacial score (nSPS) is 10.7. The van der Waals surface area contributed by atoms with E-state index in [4.69, 9.17) is 11.6 Å². The second kappa shape index (κ2) is 6.52. The van der Waals surface area contributed by atoms with Gasteiger partial charge in [0, 0.05) is 18.0 Å². The number of rotatable bonds is 4. The number of hydrogen-bond acceptors (Lipinski definition) is 4. The van der Waals surface area contributed by atoms with Crippen LogP contribution in [0.3, 0.4) is 0 Å². The van der Waals surface area contributed by atoms with Crippen LogP contribution in [-0.4, -0.2) is 20.7 Å². The highest BCUT2D eigenvalue weighted by molar-refractivity contribution is 7.13. The van der Waals surface area contributed by atoms with E-state index < -0.39 is 0 Å². The van der Waals surface area contributed by atoms with Crippen LogP contribution in [0.2, 0.25) is 5.15 Å². The summed E-state index contributed by atoms with van der Waals surface area (Å²) < 4.78 is 1.49. The van der Waals surface area contributed by atoms with Crippen molar-refractivity contribution in [3.8, 4) is 10.6 Å². The van der Waals surface area contributed by atoms with Crippen LogP contribution in [0.5, 0.6) is 0 Å². The highest BCUT2D eigenvalue weighted by atomic mass is 35.5. The fraction of sp³-hybridized carbons (Fsp3) is 0.188. The van der Waals surface area contributed by atoms with Crippen LogP contribution in [0.25, 0.3) is 10.6 Å². The Morgan fingerprint density at radius 1 is 1.35 bits per heavy atom. The molecule has 0 saturated heterocycles. The molecule has 0 fully saturated rings. The molecule has 0 atom stereocenters. The molecule has 2 heterocycles. The van der Waals surface area contributed by atoms with Crippen molar-refractivity contribution in [3.05, 3.63) is 57.8 Å². The molecular weight excluding hydrogens is 332 g/mol. The van der Waals surface area contributed by atoms with Crippen LogP contribution < -0.4 is 5.32 Å². The molecule has 1 N–H and O–H groups in total. The summed E-state index contributed by atoms with van der Waals surface area (Å²) in [6.45, 7) is 2.12. The molecule has 1 aromatic carbocycles. The molecule has 0 spiro atoms. The Bertz CT molecular complexity index is 841. The zero-order valence-electron chi connectivity index (χ0n) is 12.7. The van der Waals surface area contributed by atoms with Gasteiger partial charge in [-0.05, 0) is 6.92 Å². The molecule has 1 amide bonds. The highest BCUT2D eigenvalue weighted by Gasteiger charge is 2.18. The number of carbonyl (C=O) groups is 1. The smallest absolute Gasteiger partial charge is 0.256 e. The van der Waals surface area contributed by atoms with Crippen molar-refractivity contribution >= 4 is 28.8 Å². The Morgan fingerprint density at radius 2 is 2.09 bits per heavy atom. The lowest BCUT2D eigenvalue weighted by Crippen LogP contribution is -2.23. The molecule has 0 aliphatic rings. The van der Waals surface area contributed by atoms with Gasteiger partial charge in [0.25, 0.3) is 5.91 Å². The summed E-state index contributed by atoms with van der Waals surface area (Å²) in [5.41, 5.74) is 2.91. The first-order chi connectivity index (χ1) is 11.1. The molecule has 0 aliphatic carbocycles. The fourth-order valence-corrected chi connectivity index (χ4v) is 3.33. The molecule has 0 unspecified atom stereocenters. The van der Waals surface area contributed by atoms with Crippen molar-refractivity contribution in [1.82, 2.24) is 20.1 Å². The summed E-state index contributed by atoms with van der Waals surface area (Å²) >= 11 is 7.66. The van der Waals surface area contributed by atoms with Gasteiger partial charge >= 0.3 is 0 Å². The molecule has 3 rings (SSSR count). The third-order valence-electron chi connectivity index (χ3n) is 3.38. The predicted octanol–water partition coefficient (Wildman–Crippen LogP) is 3.44. The lowest BCUT2D eigenvalue weighted by Gasteiger charge is -2.03. The number of nitrogens with zero attached hydrogens (tertiary/aromatic N) is 3. The third-order valence-corrected chi connectivity index (χ3v) is 4.76. The lowest BCUT2D eigenvalue weighted by atomic mass is 10.2. The standard InChI is InChI=1S/C16H15ClN4OS/c1-10-13(14(17)21(2)20-10)15(22)18-8-12-9-23-16(19-12)11-6-4-3-5-7-11/h3-7,9H,8H2,1-2H3,(H,18,22). The van der Waals surface area contributed by atoms with Crippen molar-refractivity contribution in [1.29, 1.82) is 0 Å². The van der Waals surface area contributed by atoms with Crippen molar-refractivity contribution in [2.75, 3.05) is 0 Å². The first kappa shape index (κ1) is 15.7. The summed E-state index contributed by atoms with van der Waals surface area (Å²) in [7, 11) is 1.71. The second-order valence-corrected chi connectivity index (χ2v) is 6.28. The Labute approximate surface area is 142 Å². The van der Waals surface area contributed by atoms with Gasteiger partial charge in [-0.3, -0.25) is 9.48 Å². The zero-order chi connectivity index (χ0) is 16.4. The SMILES string of the molecule is Cc1nn(C)c(Cl)c1C(=O)NCc1csc(-c2ccccc2)n1. The van der Waals surface area contributed by atoms with Gasteiger partial charge in [-0.1, -0.05) is 41.9 Å². The van der Waals surface area contributed by atoms with Crippen molar-refractivity contribution in [2.24, 2.45) is 7.05 Å². The van der Waals surface area contributed by atoms with Gasteiger partial charge in [0.05, 0.1) is 23.5 Å². The van der Waals surface area contributed by atoms with E-state index in [0.29, 0.717) is 23.0 Å². The largest absolute Gasteiger partial charge is 0.346 e. The minimum Gasteiger partial charge on any atom is -0.346 e. The second-order valence-electron chi connectivity index (χ2n) is 5.07. The molecule has 2 aromatic heterocycles. The number of aryl methyl sites for hydroxylation is 2. The average molecular weight is 347 g/mol. The minimum absolute atomic E-state index is 0.241. The van der Waals surface area contributed by atoms with E-state index in [0.717, 1.165) is 16.3 Å². The van der Waals surface area contributed by atoms with E-state index in [1.165, 1.54) is 4.68 Å². The monoisotopic (exact) mass is 346 g/mol. The van der Waals surface area contributed by atoms with E-state index in [1.807, 2.05) is 35.7 Å². The summed E-state index contributed by atoms with van der Waals surface area (Å²) in [4.78, 5) is 16.8. The number of aromatic nitrogens is 3. The lowest BCUT2D eigenvalue weighted by molar-refractivity contribution is 0.0950. The number of benzene rings is 1. The maximum Gasteiger partial charge on any atom is 0.256 e.